The summed E-state index contributed by atoms with van der Waals surface area (Å²) in [7, 11) is 0. The summed E-state index contributed by atoms with van der Waals surface area (Å²) < 4.78 is 42.4. The van der Waals surface area contributed by atoms with Gasteiger partial charge in [0.15, 0.2) is 0 Å². The Labute approximate surface area is 77.3 Å². The van der Waals surface area contributed by atoms with Gasteiger partial charge >= 0.3 is 18.1 Å². The number of carbonyl (C=O) groups excluding carboxylic acids is 2. The molecule has 0 N–H and O–H groups in total. The molecule has 0 aliphatic rings. The summed E-state index contributed by atoms with van der Waals surface area (Å²) in [5, 5.41) is 0. The van der Waals surface area contributed by atoms with Crippen molar-refractivity contribution in [3.63, 3.8) is 0 Å². The van der Waals surface area contributed by atoms with E-state index in [1.807, 2.05) is 0 Å². The molecule has 0 aromatic rings. The van der Waals surface area contributed by atoms with Crippen LogP contribution in [0.1, 0.15) is 6.92 Å². The third kappa shape index (κ3) is 5.18. The predicted molar refractivity (Wildman–Crippen MR) is 37.9 cm³/mol. The van der Waals surface area contributed by atoms with Gasteiger partial charge in [0.1, 0.15) is 0 Å². The van der Waals surface area contributed by atoms with E-state index >= 15 is 0 Å². The highest BCUT2D eigenvalue weighted by Crippen LogP contribution is 2.16. The highest BCUT2D eigenvalue weighted by atomic mass is 19.4. The molecule has 0 spiro atoms. The number of ether oxygens (including phenoxy) is 2. The van der Waals surface area contributed by atoms with Crippen LogP contribution in [0.2, 0.25) is 0 Å². The molecule has 0 atom stereocenters. The van der Waals surface area contributed by atoms with Crippen LogP contribution in [-0.2, 0) is 19.1 Å². The van der Waals surface area contributed by atoms with E-state index in [4.69, 9.17) is 0 Å². The lowest BCUT2D eigenvalue weighted by molar-refractivity contribution is -0.200. The van der Waals surface area contributed by atoms with Gasteiger partial charge in [0.25, 0.3) is 0 Å². The topological polar surface area (TPSA) is 52.6 Å². The second kappa shape index (κ2) is 5.25. The fourth-order valence-electron chi connectivity index (χ4n) is 0.383. The molecule has 0 aromatic carbocycles. The van der Waals surface area contributed by atoms with Gasteiger partial charge in [-0.25, -0.2) is 9.59 Å². The Bertz CT molecular complexity index is 244. The van der Waals surface area contributed by atoms with Crippen molar-refractivity contribution in [3.8, 4) is 0 Å². The molecule has 0 aliphatic carbocycles. The first-order chi connectivity index (χ1) is 6.38. The van der Waals surface area contributed by atoms with E-state index in [0.29, 0.717) is 6.08 Å². The second-order valence-electron chi connectivity index (χ2n) is 1.96. The fraction of sp³-hybridized carbons (Fsp3) is 0.429. The van der Waals surface area contributed by atoms with Gasteiger partial charge in [-0.2, -0.15) is 13.2 Å². The van der Waals surface area contributed by atoms with Gasteiger partial charge in [0, 0.05) is 0 Å². The molecule has 7 heteroatoms. The van der Waals surface area contributed by atoms with E-state index in [2.05, 4.69) is 9.47 Å². The lowest BCUT2D eigenvalue weighted by atomic mass is 10.6. The van der Waals surface area contributed by atoms with Crippen molar-refractivity contribution in [1.82, 2.24) is 0 Å². The van der Waals surface area contributed by atoms with Gasteiger partial charge < -0.3 is 9.47 Å². The third-order valence-electron chi connectivity index (χ3n) is 0.892. The quantitative estimate of drug-likeness (QED) is 0.305. The Balaban J connectivity index is 4.02. The van der Waals surface area contributed by atoms with Crippen molar-refractivity contribution < 1.29 is 32.2 Å². The van der Waals surface area contributed by atoms with Crippen LogP contribution in [0.4, 0.5) is 13.2 Å². The molecular weight excluding hydrogens is 205 g/mol. The number of carbonyl (C=O) groups is 2. The maximum absolute atomic E-state index is 11.5. The minimum absolute atomic E-state index is 0.247. The fourth-order valence-corrected chi connectivity index (χ4v) is 0.383. The van der Waals surface area contributed by atoms with Crippen molar-refractivity contribution in [1.29, 1.82) is 0 Å². The minimum Gasteiger partial charge on any atom is -0.501 e. The van der Waals surface area contributed by atoms with Gasteiger partial charge in [-0.15, -0.1) is 0 Å². The maximum Gasteiger partial charge on any atom is 0.491 e. The number of alkyl halides is 3. The lowest BCUT2D eigenvalue weighted by Crippen LogP contribution is -2.27. The Morgan fingerprint density at radius 2 is 1.93 bits per heavy atom. The summed E-state index contributed by atoms with van der Waals surface area (Å²) in [5.41, 5.74) is 0. The van der Waals surface area contributed by atoms with E-state index in [1.54, 1.807) is 6.92 Å². The van der Waals surface area contributed by atoms with E-state index < -0.39 is 18.1 Å². The van der Waals surface area contributed by atoms with Gasteiger partial charge in [0.05, 0.1) is 18.9 Å². The van der Waals surface area contributed by atoms with Crippen LogP contribution in [0.25, 0.3) is 0 Å². The Morgan fingerprint density at radius 1 is 1.36 bits per heavy atom. The zero-order valence-electron chi connectivity index (χ0n) is 7.13. The van der Waals surface area contributed by atoms with E-state index in [0.717, 1.165) is 6.26 Å². The average molecular weight is 212 g/mol. The maximum atomic E-state index is 11.5. The number of esters is 2. The van der Waals surface area contributed by atoms with Gasteiger partial charge in [-0.3, -0.25) is 0 Å². The largest absolute Gasteiger partial charge is 0.501 e. The second-order valence-corrected chi connectivity index (χ2v) is 1.96. The van der Waals surface area contributed by atoms with Crippen LogP contribution >= 0.6 is 0 Å². The van der Waals surface area contributed by atoms with E-state index in [1.165, 1.54) is 0 Å². The minimum atomic E-state index is -5.17. The van der Waals surface area contributed by atoms with E-state index in [9.17, 15) is 22.8 Å². The normalized spacial score (nSPS) is 11.4. The van der Waals surface area contributed by atoms with Crippen molar-refractivity contribution in [2.24, 2.45) is 0 Å². The first kappa shape index (κ1) is 12.5. The smallest absolute Gasteiger partial charge is 0.491 e. The van der Waals surface area contributed by atoms with Crippen LogP contribution in [0.5, 0.6) is 0 Å². The monoisotopic (exact) mass is 212 g/mol. The molecule has 0 saturated carbocycles. The molecule has 0 rings (SSSR count). The van der Waals surface area contributed by atoms with Gasteiger partial charge in [0.2, 0.25) is 0 Å². The van der Waals surface area contributed by atoms with Crippen LogP contribution in [0.3, 0.4) is 0 Å². The Kier molecular flexibility index (Phi) is 4.68. The van der Waals surface area contributed by atoms with E-state index in [-0.39, 0.29) is 6.61 Å². The first-order valence-electron chi connectivity index (χ1n) is 3.49. The molecule has 14 heavy (non-hydrogen) atoms. The van der Waals surface area contributed by atoms with Gasteiger partial charge in [-0.05, 0) is 6.92 Å². The highest BCUT2D eigenvalue weighted by molar-refractivity contribution is 5.93. The molecule has 0 radical (unpaired) electrons. The molecule has 0 saturated heterocycles. The highest BCUT2D eigenvalue weighted by Gasteiger charge is 2.42. The molecule has 0 amide bonds. The standard InChI is InChI=1S/C7H7F3O4/c1-2-13-4-3-5(11)14-6(12)7(8,9)10/h3-4H,2H2,1H3/b4-3+. The summed E-state index contributed by atoms with van der Waals surface area (Å²) in [6, 6.07) is 0. The van der Waals surface area contributed by atoms with Crippen LogP contribution in [0, 0.1) is 0 Å². The van der Waals surface area contributed by atoms with Crippen molar-refractivity contribution in [2.75, 3.05) is 6.61 Å². The molecule has 0 fully saturated rings. The van der Waals surface area contributed by atoms with Crippen LogP contribution in [0.15, 0.2) is 12.3 Å². The molecule has 0 bridgehead atoms. The average Bonchev–Trinajstić information content (AvgIpc) is 2.03. The Morgan fingerprint density at radius 3 is 2.36 bits per heavy atom. The molecule has 0 heterocycles. The molecule has 0 aromatic heterocycles. The van der Waals surface area contributed by atoms with Crippen molar-refractivity contribution in [2.45, 2.75) is 13.1 Å². The summed E-state index contributed by atoms with van der Waals surface area (Å²) in [6.07, 6.45) is -3.76. The summed E-state index contributed by atoms with van der Waals surface area (Å²) >= 11 is 0. The summed E-state index contributed by atoms with van der Waals surface area (Å²) in [5.74, 6) is -3.98. The van der Waals surface area contributed by atoms with Crippen molar-refractivity contribution >= 4 is 11.9 Å². The van der Waals surface area contributed by atoms with Crippen LogP contribution < -0.4 is 0 Å². The van der Waals surface area contributed by atoms with Crippen molar-refractivity contribution in [3.05, 3.63) is 12.3 Å². The number of rotatable bonds is 3. The predicted octanol–water partition coefficient (Wildman–Crippen LogP) is 1.17. The summed E-state index contributed by atoms with van der Waals surface area (Å²) in [6.45, 7) is 1.85. The third-order valence-corrected chi connectivity index (χ3v) is 0.892. The molecule has 0 aliphatic heterocycles. The SMILES string of the molecule is CCO/C=C/C(=O)OC(=O)C(F)(F)F. The molecule has 4 nitrogen and oxygen atoms in total. The lowest BCUT2D eigenvalue weighted by Gasteiger charge is -2.02. The molecular formula is C7H7F3O4. The molecule has 80 valence electrons. The molecule has 0 unspecified atom stereocenters. The summed E-state index contributed by atoms with van der Waals surface area (Å²) in [4.78, 5) is 20.5. The zero-order chi connectivity index (χ0) is 11.2. The number of halogens is 3. The first-order valence-corrected chi connectivity index (χ1v) is 3.49. The zero-order valence-corrected chi connectivity index (χ0v) is 7.13. The van der Waals surface area contributed by atoms with Gasteiger partial charge in [-0.1, -0.05) is 0 Å². The van der Waals surface area contributed by atoms with Crippen LogP contribution in [-0.4, -0.2) is 24.7 Å². The number of hydrogen-bond acceptors (Lipinski definition) is 4. The Hall–Kier alpha value is -1.53. The number of hydrogen-bond donors (Lipinski definition) is 0.